The van der Waals surface area contributed by atoms with Gasteiger partial charge in [-0.25, -0.2) is 9.97 Å². The Morgan fingerprint density at radius 2 is 2.06 bits per heavy atom. The molecule has 0 saturated heterocycles. The second kappa shape index (κ2) is 4.84. The molecule has 0 radical (unpaired) electrons. The Bertz CT molecular complexity index is 555. The molecule has 2 heterocycles. The van der Waals surface area contributed by atoms with E-state index in [1.54, 1.807) is 24.8 Å². The number of aromatic nitrogens is 3. The number of pyridine rings is 1. The lowest BCUT2D eigenvalue weighted by molar-refractivity contribution is 1.17. The monoisotopic (exact) mass is 245 g/mol. The Labute approximate surface area is 104 Å². The minimum absolute atomic E-state index is 0.209. The molecule has 5 nitrogen and oxygen atoms in total. The quantitative estimate of drug-likeness (QED) is 0.799. The molecular formula is C11H11N5S. The van der Waals surface area contributed by atoms with Crippen LogP contribution in [0, 0.1) is 6.92 Å². The third-order valence-electron chi connectivity index (χ3n) is 2.07. The standard InChI is InChI=1S/C11H11N5S/c1-7-4-8(6-13-5-7)16-11-9(10(12)17)14-2-3-15-11/h2-6H,1H3,(H2,12,17)(H,15,16). The highest BCUT2D eigenvalue weighted by atomic mass is 32.1. The first-order valence-corrected chi connectivity index (χ1v) is 5.37. The second-order valence-corrected chi connectivity index (χ2v) is 3.93. The van der Waals surface area contributed by atoms with Crippen LogP contribution in [0.5, 0.6) is 0 Å². The maximum atomic E-state index is 5.57. The van der Waals surface area contributed by atoms with E-state index in [2.05, 4.69) is 20.3 Å². The van der Waals surface area contributed by atoms with E-state index < -0.39 is 0 Å². The van der Waals surface area contributed by atoms with Gasteiger partial charge < -0.3 is 11.1 Å². The van der Waals surface area contributed by atoms with Crippen LogP contribution in [-0.2, 0) is 0 Å². The Balaban J connectivity index is 2.33. The van der Waals surface area contributed by atoms with Gasteiger partial charge in [-0.05, 0) is 18.6 Å². The first-order valence-electron chi connectivity index (χ1n) is 4.96. The molecule has 0 aliphatic rings. The predicted octanol–water partition coefficient (Wildman–Crippen LogP) is 1.56. The molecule has 2 aromatic heterocycles. The third-order valence-corrected chi connectivity index (χ3v) is 2.26. The number of thiocarbonyl (C=S) groups is 1. The fraction of sp³-hybridized carbons (Fsp3) is 0.0909. The molecule has 0 bridgehead atoms. The van der Waals surface area contributed by atoms with Gasteiger partial charge in [-0.2, -0.15) is 0 Å². The zero-order chi connectivity index (χ0) is 12.3. The summed E-state index contributed by atoms with van der Waals surface area (Å²) < 4.78 is 0. The first kappa shape index (κ1) is 11.4. The van der Waals surface area contributed by atoms with E-state index in [-0.39, 0.29) is 4.99 Å². The number of anilines is 2. The normalized spacial score (nSPS) is 9.94. The fourth-order valence-electron chi connectivity index (χ4n) is 1.37. The van der Waals surface area contributed by atoms with E-state index in [0.29, 0.717) is 11.5 Å². The molecule has 2 rings (SSSR count). The Morgan fingerprint density at radius 3 is 2.76 bits per heavy atom. The largest absolute Gasteiger partial charge is 0.388 e. The Morgan fingerprint density at radius 1 is 1.29 bits per heavy atom. The third kappa shape index (κ3) is 2.73. The van der Waals surface area contributed by atoms with Crippen LogP contribution in [0.2, 0.25) is 0 Å². The number of hydrogen-bond donors (Lipinski definition) is 2. The van der Waals surface area contributed by atoms with Gasteiger partial charge in [0.05, 0.1) is 11.9 Å². The maximum Gasteiger partial charge on any atom is 0.159 e. The van der Waals surface area contributed by atoms with Crippen LogP contribution >= 0.6 is 12.2 Å². The van der Waals surface area contributed by atoms with Crippen molar-refractivity contribution in [1.82, 2.24) is 15.0 Å². The number of aryl methyl sites for hydroxylation is 1. The first-order chi connectivity index (χ1) is 8.16. The van der Waals surface area contributed by atoms with E-state index in [0.717, 1.165) is 11.3 Å². The lowest BCUT2D eigenvalue weighted by Gasteiger charge is -2.08. The molecule has 0 aliphatic heterocycles. The molecule has 0 atom stereocenters. The summed E-state index contributed by atoms with van der Waals surface area (Å²) >= 11 is 4.91. The molecule has 0 spiro atoms. The molecule has 0 amide bonds. The minimum Gasteiger partial charge on any atom is -0.388 e. The zero-order valence-corrected chi connectivity index (χ0v) is 10.0. The molecule has 86 valence electrons. The van der Waals surface area contributed by atoms with Crippen LogP contribution in [0.4, 0.5) is 11.5 Å². The van der Waals surface area contributed by atoms with Crippen LogP contribution in [-0.4, -0.2) is 19.9 Å². The number of nitrogens with two attached hydrogens (primary N) is 1. The summed E-state index contributed by atoms with van der Waals surface area (Å²) in [7, 11) is 0. The highest BCUT2D eigenvalue weighted by molar-refractivity contribution is 7.80. The topological polar surface area (TPSA) is 76.7 Å². The highest BCUT2D eigenvalue weighted by Gasteiger charge is 2.07. The van der Waals surface area contributed by atoms with Crippen molar-refractivity contribution in [2.75, 3.05) is 5.32 Å². The van der Waals surface area contributed by atoms with Gasteiger partial charge in [-0.1, -0.05) is 12.2 Å². The lowest BCUT2D eigenvalue weighted by Crippen LogP contribution is -2.15. The summed E-state index contributed by atoms with van der Waals surface area (Å²) in [6.45, 7) is 1.96. The average molecular weight is 245 g/mol. The SMILES string of the molecule is Cc1cncc(Nc2nccnc2C(N)=S)c1. The summed E-state index contributed by atoms with van der Waals surface area (Å²) in [6.07, 6.45) is 6.60. The van der Waals surface area contributed by atoms with Crippen molar-refractivity contribution < 1.29 is 0 Å². The van der Waals surface area contributed by atoms with Crippen LogP contribution in [0.1, 0.15) is 11.3 Å². The second-order valence-electron chi connectivity index (χ2n) is 3.49. The summed E-state index contributed by atoms with van der Waals surface area (Å²) in [5, 5.41) is 3.09. The summed E-state index contributed by atoms with van der Waals surface area (Å²) in [6, 6.07) is 1.95. The van der Waals surface area contributed by atoms with Crippen LogP contribution in [0.3, 0.4) is 0 Å². The molecule has 0 unspecified atom stereocenters. The minimum atomic E-state index is 0.209. The average Bonchev–Trinajstić information content (AvgIpc) is 2.29. The van der Waals surface area contributed by atoms with Gasteiger partial charge in [0.25, 0.3) is 0 Å². The molecule has 0 aromatic carbocycles. The van der Waals surface area contributed by atoms with Gasteiger partial charge in [0.15, 0.2) is 5.82 Å². The molecule has 0 saturated carbocycles. The van der Waals surface area contributed by atoms with Gasteiger partial charge in [0.2, 0.25) is 0 Å². The van der Waals surface area contributed by atoms with Crippen LogP contribution in [0.25, 0.3) is 0 Å². The van der Waals surface area contributed by atoms with Crippen molar-refractivity contribution in [2.24, 2.45) is 5.73 Å². The highest BCUT2D eigenvalue weighted by Crippen LogP contribution is 2.16. The summed E-state index contributed by atoms with van der Waals surface area (Å²) in [5.41, 5.74) is 7.92. The van der Waals surface area contributed by atoms with Crippen molar-refractivity contribution in [1.29, 1.82) is 0 Å². The van der Waals surface area contributed by atoms with Crippen LogP contribution in [0.15, 0.2) is 30.9 Å². The molecule has 0 fully saturated rings. The van der Waals surface area contributed by atoms with Crippen molar-refractivity contribution >= 4 is 28.7 Å². The van der Waals surface area contributed by atoms with Gasteiger partial charge in [-0.3, -0.25) is 4.98 Å². The van der Waals surface area contributed by atoms with E-state index in [1.807, 2.05) is 13.0 Å². The van der Waals surface area contributed by atoms with Crippen molar-refractivity contribution in [2.45, 2.75) is 6.92 Å². The molecular weight excluding hydrogens is 234 g/mol. The predicted molar refractivity (Wildman–Crippen MR) is 70.2 cm³/mol. The Hall–Kier alpha value is -2.08. The number of hydrogen-bond acceptors (Lipinski definition) is 5. The number of nitrogens with zero attached hydrogens (tertiary/aromatic N) is 3. The molecule has 3 N–H and O–H groups in total. The van der Waals surface area contributed by atoms with Crippen LogP contribution < -0.4 is 11.1 Å². The number of nitrogens with one attached hydrogen (secondary N) is 1. The molecule has 0 aliphatic carbocycles. The lowest BCUT2D eigenvalue weighted by atomic mass is 10.3. The fourth-order valence-corrected chi connectivity index (χ4v) is 1.52. The maximum absolute atomic E-state index is 5.57. The van der Waals surface area contributed by atoms with Crippen molar-refractivity contribution in [3.8, 4) is 0 Å². The molecule has 6 heteroatoms. The summed E-state index contributed by atoms with van der Waals surface area (Å²) in [5.74, 6) is 0.535. The van der Waals surface area contributed by atoms with E-state index in [4.69, 9.17) is 18.0 Å². The smallest absolute Gasteiger partial charge is 0.159 e. The van der Waals surface area contributed by atoms with Gasteiger partial charge in [-0.15, -0.1) is 0 Å². The zero-order valence-electron chi connectivity index (χ0n) is 9.21. The number of rotatable bonds is 3. The molecule has 17 heavy (non-hydrogen) atoms. The van der Waals surface area contributed by atoms with Gasteiger partial charge >= 0.3 is 0 Å². The van der Waals surface area contributed by atoms with Gasteiger partial charge in [0.1, 0.15) is 10.7 Å². The summed E-state index contributed by atoms with van der Waals surface area (Å²) in [4.78, 5) is 12.5. The van der Waals surface area contributed by atoms with Crippen molar-refractivity contribution in [3.63, 3.8) is 0 Å². The molecule has 2 aromatic rings. The van der Waals surface area contributed by atoms with Gasteiger partial charge in [0, 0.05) is 18.6 Å². The van der Waals surface area contributed by atoms with E-state index in [1.165, 1.54) is 0 Å². The van der Waals surface area contributed by atoms with E-state index >= 15 is 0 Å². The van der Waals surface area contributed by atoms with E-state index in [9.17, 15) is 0 Å². The Kier molecular flexibility index (Phi) is 3.24. The van der Waals surface area contributed by atoms with Crippen molar-refractivity contribution in [3.05, 3.63) is 42.1 Å².